The molecular formula is C10H12N4. The summed E-state index contributed by atoms with van der Waals surface area (Å²) in [6.07, 6.45) is 6.09. The van der Waals surface area contributed by atoms with Crippen molar-refractivity contribution in [3.63, 3.8) is 0 Å². The second-order valence-electron chi connectivity index (χ2n) is 3.73. The molecule has 1 aliphatic carbocycles. The van der Waals surface area contributed by atoms with Gasteiger partial charge in [-0.15, -0.1) is 0 Å². The Morgan fingerprint density at radius 3 is 3.00 bits per heavy atom. The smallest absolute Gasteiger partial charge is 0.161 e. The molecule has 2 heterocycles. The van der Waals surface area contributed by atoms with E-state index in [-0.39, 0.29) is 0 Å². The summed E-state index contributed by atoms with van der Waals surface area (Å²) in [6, 6.07) is 0. The number of nitrogens with zero attached hydrogens (tertiary/aromatic N) is 4. The van der Waals surface area contributed by atoms with Crippen molar-refractivity contribution in [3.8, 4) is 0 Å². The van der Waals surface area contributed by atoms with E-state index in [1.54, 1.807) is 6.33 Å². The Labute approximate surface area is 82.0 Å². The Balaban J connectivity index is 2.26. The van der Waals surface area contributed by atoms with E-state index in [0.717, 1.165) is 17.6 Å². The van der Waals surface area contributed by atoms with E-state index in [4.69, 9.17) is 0 Å². The van der Waals surface area contributed by atoms with Crippen molar-refractivity contribution in [1.29, 1.82) is 0 Å². The van der Waals surface area contributed by atoms with Crippen LogP contribution < -0.4 is 0 Å². The Bertz CT molecular complexity index is 470. The van der Waals surface area contributed by atoms with Gasteiger partial charge in [0.05, 0.1) is 17.3 Å². The number of rotatable bonds is 2. The van der Waals surface area contributed by atoms with Crippen LogP contribution in [-0.4, -0.2) is 19.7 Å². The minimum Gasteiger partial charge on any atom is -0.248 e. The van der Waals surface area contributed by atoms with Gasteiger partial charge in [0, 0.05) is 12.5 Å². The van der Waals surface area contributed by atoms with E-state index in [1.807, 2.05) is 10.9 Å². The first-order chi connectivity index (χ1) is 6.90. The number of hydrogen-bond acceptors (Lipinski definition) is 3. The van der Waals surface area contributed by atoms with E-state index < -0.39 is 0 Å². The van der Waals surface area contributed by atoms with Gasteiger partial charge in [-0.1, -0.05) is 0 Å². The largest absolute Gasteiger partial charge is 0.248 e. The maximum Gasteiger partial charge on any atom is 0.161 e. The number of fused-ring (bicyclic) bond motifs is 1. The van der Waals surface area contributed by atoms with Gasteiger partial charge in [-0.25, -0.2) is 14.6 Å². The highest BCUT2D eigenvalue weighted by Gasteiger charge is 2.27. The number of aryl methyl sites for hydroxylation is 1. The fourth-order valence-corrected chi connectivity index (χ4v) is 1.82. The minimum atomic E-state index is 0.662. The lowest BCUT2D eigenvalue weighted by Gasteiger charge is -1.99. The predicted octanol–water partition coefficient (Wildman–Crippen LogP) is 1.72. The fourth-order valence-electron chi connectivity index (χ4n) is 1.82. The van der Waals surface area contributed by atoms with E-state index in [1.165, 1.54) is 18.5 Å². The maximum absolute atomic E-state index is 4.35. The van der Waals surface area contributed by atoms with Crippen molar-refractivity contribution in [3.05, 3.63) is 18.2 Å². The molecule has 0 bridgehead atoms. The molecular weight excluding hydrogens is 176 g/mol. The maximum atomic E-state index is 4.35. The molecule has 72 valence electrons. The monoisotopic (exact) mass is 188 g/mol. The summed E-state index contributed by atoms with van der Waals surface area (Å²) >= 11 is 0. The van der Waals surface area contributed by atoms with Gasteiger partial charge in [0.2, 0.25) is 0 Å². The van der Waals surface area contributed by atoms with Crippen LogP contribution in [0.3, 0.4) is 0 Å². The summed E-state index contributed by atoms with van der Waals surface area (Å²) in [7, 11) is 0. The number of aromatic nitrogens is 4. The van der Waals surface area contributed by atoms with Crippen molar-refractivity contribution < 1.29 is 0 Å². The molecule has 0 spiro atoms. The van der Waals surface area contributed by atoms with Gasteiger partial charge in [-0.05, 0) is 19.8 Å². The van der Waals surface area contributed by atoms with Crippen molar-refractivity contribution in [1.82, 2.24) is 19.7 Å². The highest BCUT2D eigenvalue weighted by Crippen LogP contribution is 2.41. The average Bonchev–Trinajstić information content (AvgIpc) is 2.97. The predicted molar refractivity (Wildman–Crippen MR) is 53.0 cm³/mol. The molecule has 0 saturated heterocycles. The zero-order valence-corrected chi connectivity index (χ0v) is 8.14. The quantitative estimate of drug-likeness (QED) is 0.720. The molecule has 2 aromatic rings. The highest BCUT2D eigenvalue weighted by atomic mass is 15.3. The van der Waals surface area contributed by atoms with Crippen LogP contribution >= 0.6 is 0 Å². The molecule has 3 rings (SSSR count). The van der Waals surface area contributed by atoms with E-state index in [0.29, 0.717) is 5.92 Å². The molecule has 1 aliphatic rings. The van der Waals surface area contributed by atoms with Crippen LogP contribution in [0.4, 0.5) is 0 Å². The summed E-state index contributed by atoms with van der Waals surface area (Å²) in [6.45, 7) is 2.94. The Hall–Kier alpha value is -1.45. The Morgan fingerprint density at radius 1 is 1.43 bits per heavy atom. The average molecular weight is 188 g/mol. The van der Waals surface area contributed by atoms with Gasteiger partial charge in [-0.2, -0.15) is 5.10 Å². The van der Waals surface area contributed by atoms with Gasteiger partial charge in [0.1, 0.15) is 6.33 Å². The van der Waals surface area contributed by atoms with Crippen LogP contribution in [0.25, 0.3) is 11.0 Å². The summed E-state index contributed by atoms with van der Waals surface area (Å²) in [5.74, 6) is 0.662. The zero-order chi connectivity index (χ0) is 9.54. The molecule has 0 aromatic carbocycles. The van der Waals surface area contributed by atoms with E-state index in [2.05, 4.69) is 22.0 Å². The van der Waals surface area contributed by atoms with Gasteiger partial charge < -0.3 is 0 Å². The summed E-state index contributed by atoms with van der Waals surface area (Å²) < 4.78 is 1.92. The van der Waals surface area contributed by atoms with E-state index >= 15 is 0 Å². The van der Waals surface area contributed by atoms with Crippen LogP contribution in [0.1, 0.15) is 31.4 Å². The molecule has 0 unspecified atom stereocenters. The van der Waals surface area contributed by atoms with Gasteiger partial charge in [0.15, 0.2) is 5.65 Å². The standard InChI is InChI=1S/C10H12N4/c1-2-14-10-8(5-13-14)9(7-3-4-7)11-6-12-10/h5-7H,2-4H2,1H3. The molecule has 4 nitrogen and oxygen atoms in total. The second-order valence-corrected chi connectivity index (χ2v) is 3.73. The van der Waals surface area contributed by atoms with E-state index in [9.17, 15) is 0 Å². The highest BCUT2D eigenvalue weighted by molar-refractivity contribution is 5.77. The molecule has 0 aliphatic heterocycles. The van der Waals surface area contributed by atoms with Crippen molar-refractivity contribution in [2.24, 2.45) is 0 Å². The Kier molecular flexibility index (Phi) is 1.56. The molecule has 0 amide bonds. The molecule has 2 aromatic heterocycles. The summed E-state index contributed by atoms with van der Waals surface area (Å²) in [5.41, 5.74) is 2.17. The molecule has 1 fully saturated rings. The minimum absolute atomic E-state index is 0.662. The van der Waals surface area contributed by atoms with Gasteiger partial charge in [0.25, 0.3) is 0 Å². The molecule has 0 radical (unpaired) electrons. The first kappa shape index (κ1) is 7.91. The SMILES string of the molecule is CCn1ncc2c(C3CC3)ncnc21. The van der Waals surface area contributed by atoms with Crippen LogP contribution in [0.5, 0.6) is 0 Å². The van der Waals surface area contributed by atoms with Crippen LogP contribution in [-0.2, 0) is 6.54 Å². The topological polar surface area (TPSA) is 43.6 Å². The van der Waals surface area contributed by atoms with Gasteiger partial charge in [-0.3, -0.25) is 0 Å². The van der Waals surface area contributed by atoms with Crippen molar-refractivity contribution in [2.75, 3.05) is 0 Å². The van der Waals surface area contributed by atoms with Crippen LogP contribution in [0.2, 0.25) is 0 Å². The first-order valence-electron chi connectivity index (χ1n) is 5.06. The molecule has 0 N–H and O–H groups in total. The third-order valence-corrected chi connectivity index (χ3v) is 2.73. The molecule has 4 heteroatoms. The lowest BCUT2D eigenvalue weighted by atomic mass is 10.2. The van der Waals surface area contributed by atoms with Gasteiger partial charge >= 0.3 is 0 Å². The van der Waals surface area contributed by atoms with Crippen molar-refractivity contribution in [2.45, 2.75) is 32.2 Å². The third kappa shape index (κ3) is 1.03. The summed E-state index contributed by atoms with van der Waals surface area (Å²) in [5, 5.41) is 5.43. The summed E-state index contributed by atoms with van der Waals surface area (Å²) in [4.78, 5) is 8.62. The first-order valence-corrected chi connectivity index (χ1v) is 5.06. The third-order valence-electron chi connectivity index (χ3n) is 2.73. The number of hydrogen-bond donors (Lipinski definition) is 0. The second kappa shape index (κ2) is 2.77. The van der Waals surface area contributed by atoms with Crippen LogP contribution in [0, 0.1) is 0 Å². The Morgan fingerprint density at radius 2 is 2.29 bits per heavy atom. The lowest BCUT2D eigenvalue weighted by molar-refractivity contribution is 0.676. The van der Waals surface area contributed by atoms with Crippen LogP contribution in [0.15, 0.2) is 12.5 Å². The molecule has 0 atom stereocenters. The molecule has 1 saturated carbocycles. The molecule has 14 heavy (non-hydrogen) atoms. The normalized spacial score (nSPS) is 16.4. The fraction of sp³-hybridized carbons (Fsp3) is 0.500. The lowest BCUT2D eigenvalue weighted by Crippen LogP contribution is -1.98. The van der Waals surface area contributed by atoms with Crippen molar-refractivity contribution >= 4 is 11.0 Å². The zero-order valence-electron chi connectivity index (χ0n) is 8.14.